The molecule has 0 saturated carbocycles. The second kappa shape index (κ2) is 9.66. The van der Waals surface area contributed by atoms with E-state index in [1.54, 1.807) is 10.9 Å². The summed E-state index contributed by atoms with van der Waals surface area (Å²) >= 11 is 5.82. The molecule has 1 atom stereocenters. The number of carbonyl (C=O) groups is 1. The number of piperidine rings is 1. The molecule has 3 aromatic rings. The molecule has 35 heavy (non-hydrogen) atoms. The van der Waals surface area contributed by atoms with E-state index in [0.717, 1.165) is 60.3 Å². The van der Waals surface area contributed by atoms with Gasteiger partial charge in [0.05, 0.1) is 29.9 Å². The zero-order valence-corrected chi connectivity index (χ0v) is 19.9. The fourth-order valence-corrected chi connectivity index (χ4v) is 5.09. The standard InChI is InChI=1S/C26H26ClF3N4O/c27-21-7-6-20(22(14-21)26(28,29)30)16-34-24-13-18(4-5-19(24)15-32-34)17-8-11-33(12-9-17)25(35)23-3-1-2-10-31-23/h4-8,13-15,23,31H,1-3,9-12,16H2/t23-/m1/s1. The smallest absolute Gasteiger partial charge is 0.337 e. The van der Waals surface area contributed by atoms with E-state index in [2.05, 4.69) is 16.5 Å². The van der Waals surface area contributed by atoms with Crippen LogP contribution in [0.2, 0.25) is 5.02 Å². The highest BCUT2D eigenvalue weighted by atomic mass is 35.5. The topological polar surface area (TPSA) is 50.2 Å². The first-order valence-electron chi connectivity index (χ1n) is 11.8. The van der Waals surface area contributed by atoms with Crippen LogP contribution in [0.25, 0.3) is 16.5 Å². The number of nitrogens with zero attached hydrogens (tertiary/aromatic N) is 3. The molecule has 5 nitrogen and oxygen atoms in total. The summed E-state index contributed by atoms with van der Waals surface area (Å²) in [5.74, 6) is 0.164. The van der Waals surface area contributed by atoms with Crippen LogP contribution < -0.4 is 5.32 Å². The Balaban J connectivity index is 1.37. The Labute approximate surface area is 206 Å². The molecule has 0 unspecified atom stereocenters. The van der Waals surface area contributed by atoms with Crippen molar-refractivity contribution in [2.24, 2.45) is 0 Å². The molecule has 1 aromatic heterocycles. The van der Waals surface area contributed by atoms with Crippen LogP contribution in [-0.4, -0.2) is 46.3 Å². The van der Waals surface area contributed by atoms with Crippen LogP contribution in [0.4, 0.5) is 13.2 Å². The van der Waals surface area contributed by atoms with E-state index in [-0.39, 0.29) is 29.1 Å². The van der Waals surface area contributed by atoms with Crippen molar-refractivity contribution < 1.29 is 18.0 Å². The molecule has 0 aliphatic carbocycles. The number of hydrogen-bond donors (Lipinski definition) is 1. The summed E-state index contributed by atoms with van der Waals surface area (Å²) in [7, 11) is 0. The summed E-state index contributed by atoms with van der Waals surface area (Å²) in [6.45, 7) is 2.08. The molecule has 1 fully saturated rings. The highest BCUT2D eigenvalue weighted by Crippen LogP contribution is 2.35. The molecule has 2 aliphatic rings. The normalized spacial score (nSPS) is 19.1. The lowest BCUT2D eigenvalue weighted by Crippen LogP contribution is -2.49. The Morgan fingerprint density at radius 3 is 2.74 bits per heavy atom. The average molecular weight is 503 g/mol. The van der Waals surface area contributed by atoms with Crippen LogP contribution in [0.1, 0.15) is 42.4 Å². The molecule has 1 saturated heterocycles. The minimum absolute atomic E-state index is 0.0192. The summed E-state index contributed by atoms with van der Waals surface area (Å²) in [5, 5.41) is 8.57. The number of aromatic nitrogens is 2. The summed E-state index contributed by atoms with van der Waals surface area (Å²) in [6.07, 6.45) is 3.04. The second-order valence-corrected chi connectivity index (χ2v) is 9.58. The maximum absolute atomic E-state index is 13.6. The second-order valence-electron chi connectivity index (χ2n) is 9.14. The number of hydrogen-bond acceptors (Lipinski definition) is 3. The van der Waals surface area contributed by atoms with Gasteiger partial charge in [0.2, 0.25) is 5.91 Å². The number of rotatable bonds is 4. The zero-order valence-electron chi connectivity index (χ0n) is 19.1. The van der Waals surface area contributed by atoms with Gasteiger partial charge in [-0.2, -0.15) is 18.3 Å². The van der Waals surface area contributed by atoms with Crippen LogP contribution in [0, 0.1) is 0 Å². The van der Waals surface area contributed by atoms with Gasteiger partial charge < -0.3 is 10.2 Å². The van der Waals surface area contributed by atoms with Crippen molar-refractivity contribution in [2.45, 2.75) is 44.4 Å². The number of nitrogens with one attached hydrogen (secondary N) is 1. The third kappa shape index (κ3) is 5.09. The number of carbonyl (C=O) groups excluding carboxylic acids is 1. The molecular weight excluding hydrogens is 477 g/mol. The van der Waals surface area contributed by atoms with Gasteiger partial charge in [-0.05, 0) is 60.7 Å². The van der Waals surface area contributed by atoms with Gasteiger partial charge in [-0.25, -0.2) is 0 Å². The third-order valence-electron chi connectivity index (χ3n) is 6.84. The van der Waals surface area contributed by atoms with Crippen molar-refractivity contribution in [3.05, 3.63) is 70.4 Å². The third-order valence-corrected chi connectivity index (χ3v) is 7.08. The highest BCUT2D eigenvalue weighted by molar-refractivity contribution is 6.30. The largest absolute Gasteiger partial charge is 0.416 e. The predicted molar refractivity (Wildman–Crippen MR) is 130 cm³/mol. The lowest BCUT2D eigenvalue weighted by Gasteiger charge is -2.32. The quantitative estimate of drug-likeness (QED) is 0.511. The first kappa shape index (κ1) is 23.9. The van der Waals surface area contributed by atoms with Crippen LogP contribution in [-0.2, 0) is 17.5 Å². The number of amides is 1. The molecule has 1 amide bonds. The van der Waals surface area contributed by atoms with E-state index in [4.69, 9.17) is 11.6 Å². The maximum atomic E-state index is 13.6. The van der Waals surface area contributed by atoms with E-state index >= 15 is 0 Å². The van der Waals surface area contributed by atoms with Gasteiger partial charge in [-0.1, -0.05) is 42.3 Å². The summed E-state index contributed by atoms with van der Waals surface area (Å²) in [6, 6.07) is 9.65. The van der Waals surface area contributed by atoms with Crippen LogP contribution in [0.15, 0.2) is 48.7 Å². The van der Waals surface area contributed by atoms with Crippen LogP contribution in [0.3, 0.4) is 0 Å². The van der Waals surface area contributed by atoms with Gasteiger partial charge in [0.1, 0.15) is 0 Å². The Hall–Kier alpha value is -2.84. The van der Waals surface area contributed by atoms with Crippen molar-refractivity contribution in [3.63, 3.8) is 0 Å². The number of halogens is 4. The molecule has 0 spiro atoms. The van der Waals surface area contributed by atoms with E-state index in [9.17, 15) is 18.0 Å². The SMILES string of the molecule is O=C([C@H]1CCCCN1)N1CC=C(c2ccc3cnn(Cc4ccc(Cl)cc4C(F)(F)F)c3c2)CC1. The lowest BCUT2D eigenvalue weighted by atomic mass is 9.97. The van der Waals surface area contributed by atoms with Gasteiger partial charge in [0.25, 0.3) is 0 Å². The fraction of sp³-hybridized carbons (Fsp3) is 0.385. The number of benzene rings is 2. The average Bonchev–Trinajstić information content (AvgIpc) is 3.26. The Morgan fingerprint density at radius 1 is 1.17 bits per heavy atom. The minimum Gasteiger partial charge on any atom is -0.337 e. The fourth-order valence-electron chi connectivity index (χ4n) is 4.92. The molecule has 0 bridgehead atoms. The monoisotopic (exact) mass is 502 g/mol. The Bertz CT molecular complexity index is 1280. The predicted octanol–water partition coefficient (Wildman–Crippen LogP) is 5.51. The molecule has 184 valence electrons. The molecule has 5 rings (SSSR count). The molecular formula is C26H26ClF3N4O. The Morgan fingerprint density at radius 2 is 2.03 bits per heavy atom. The van der Waals surface area contributed by atoms with E-state index < -0.39 is 11.7 Å². The first-order valence-corrected chi connectivity index (χ1v) is 12.2. The van der Waals surface area contributed by atoms with Gasteiger partial charge >= 0.3 is 6.18 Å². The van der Waals surface area contributed by atoms with Crippen LogP contribution >= 0.6 is 11.6 Å². The molecule has 3 heterocycles. The van der Waals surface area contributed by atoms with Gasteiger partial charge in [-0.15, -0.1) is 0 Å². The number of alkyl halides is 3. The van der Waals surface area contributed by atoms with Gasteiger partial charge in [0.15, 0.2) is 0 Å². The van der Waals surface area contributed by atoms with E-state index in [1.165, 1.54) is 12.1 Å². The molecule has 1 N–H and O–H groups in total. The molecule has 2 aromatic carbocycles. The van der Waals surface area contributed by atoms with Crippen molar-refractivity contribution in [1.82, 2.24) is 20.0 Å². The molecule has 9 heteroatoms. The lowest BCUT2D eigenvalue weighted by molar-refractivity contribution is -0.138. The van der Waals surface area contributed by atoms with E-state index in [1.807, 2.05) is 23.1 Å². The van der Waals surface area contributed by atoms with Crippen molar-refractivity contribution in [2.75, 3.05) is 19.6 Å². The first-order chi connectivity index (χ1) is 16.8. The van der Waals surface area contributed by atoms with E-state index in [0.29, 0.717) is 13.1 Å². The van der Waals surface area contributed by atoms with Crippen LogP contribution in [0.5, 0.6) is 0 Å². The summed E-state index contributed by atoms with van der Waals surface area (Å²) in [4.78, 5) is 14.7. The van der Waals surface area contributed by atoms with Crippen molar-refractivity contribution in [1.29, 1.82) is 0 Å². The van der Waals surface area contributed by atoms with Crippen molar-refractivity contribution >= 4 is 34.0 Å². The zero-order chi connectivity index (χ0) is 24.6. The number of fused-ring (bicyclic) bond motifs is 1. The summed E-state index contributed by atoms with van der Waals surface area (Å²) in [5.41, 5.74) is 2.24. The van der Waals surface area contributed by atoms with Crippen molar-refractivity contribution in [3.8, 4) is 0 Å². The maximum Gasteiger partial charge on any atom is 0.416 e. The minimum atomic E-state index is -4.50. The molecule has 0 radical (unpaired) electrons. The highest BCUT2D eigenvalue weighted by Gasteiger charge is 2.33. The Kier molecular flexibility index (Phi) is 6.59. The summed E-state index contributed by atoms with van der Waals surface area (Å²) < 4.78 is 42.3. The van der Waals surface area contributed by atoms with Gasteiger partial charge in [-0.3, -0.25) is 9.48 Å². The molecule has 2 aliphatic heterocycles. The van der Waals surface area contributed by atoms with Gasteiger partial charge in [0, 0.05) is 23.5 Å².